The van der Waals surface area contributed by atoms with Crippen LogP contribution in [0.2, 0.25) is 0 Å². The Morgan fingerprint density at radius 2 is 1.64 bits per heavy atom. The van der Waals surface area contributed by atoms with Gasteiger partial charge in [-0.3, -0.25) is 0 Å². The average molecular weight is 374 g/mol. The second-order valence-electron chi connectivity index (χ2n) is 2.37. The summed E-state index contributed by atoms with van der Waals surface area (Å²) < 4.78 is 2.08. The van der Waals surface area contributed by atoms with Gasteiger partial charge in [0.25, 0.3) is 0 Å². The number of aromatic nitrogens is 1. The first-order valence-electron chi connectivity index (χ1n) is 3.10. The Morgan fingerprint density at radius 1 is 1.18 bits per heavy atom. The third-order valence-corrected chi connectivity index (χ3v) is 2.37. The number of hydrogen-bond donors (Lipinski definition) is 0. The first-order valence-corrected chi connectivity index (χ1v) is 5.26. The van der Waals surface area contributed by atoms with Crippen molar-refractivity contribution in [1.82, 2.24) is 4.98 Å². The number of anilines is 1. The highest BCUT2D eigenvalue weighted by Gasteiger charge is 1.98. The van der Waals surface area contributed by atoms with E-state index in [-0.39, 0.29) is 0 Å². The number of rotatable bonds is 1. The third kappa shape index (κ3) is 2.73. The summed E-state index contributed by atoms with van der Waals surface area (Å²) in [4.78, 5) is 6.34. The maximum Gasteiger partial charge on any atom is 0.104 e. The van der Waals surface area contributed by atoms with Gasteiger partial charge in [0, 0.05) is 19.8 Å². The van der Waals surface area contributed by atoms with Crippen molar-refractivity contribution >= 4 is 50.9 Å². The highest BCUT2D eigenvalue weighted by atomic mass is 127. The fraction of sp³-hybridized carbons (Fsp3) is 0.286. The lowest BCUT2D eigenvalue weighted by molar-refractivity contribution is 1.10. The van der Waals surface area contributed by atoms with E-state index in [0.717, 1.165) is 7.40 Å². The second-order valence-corrected chi connectivity index (χ2v) is 4.58. The standard InChI is InChI=1S/C7H8I2N2/c1-11(2)5-3-6(8)10-7(9)4-5/h3-4H,1-2H3. The van der Waals surface area contributed by atoms with Crippen molar-refractivity contribution in [1.29, 1.82) is 0 Å². The number of nitrogens with zero attached hydrogens (tertiary/aromatic N) is 2. The van der Waals surface area contributed by atoms with Crippen molar-refractivity contribution in [3.05, 3.63) is 19.5 Å². The summed E-state index contributed by atoms with van der Waals surface area (Å²) in [6, 6.07) is 4.12. The van der Waals surface area contributed by atoms with Gasteiger partial charge in [0.1, 0.15) is 7.40 Å². The van der Waals surface area contributed by atoms with Gasteiger partial charge in [-0.25, -0.2) is 4.98 Å². The molecule has 60 valence electrons. The SMILES string of the molecule is CN(C)c1cc(I)nc(I)c1. The molecule has 0 saturated carbocycles. The molecule has 2 nitrogen and oxygen atoms in total. The van der Waals surface area contributed by atoms with Crippen molar-refractivity contribution < 1.29 is 0 Å². The van der Waals surface area contributed by atoms with Crippen LogP contribution in [0.4, 0.5) is 5.69 Å². The minimum absolute atomic E-state index is 1.04. The Hall–Kier alpha value is 0.410. The molecule has 1 aromatic rings. The van der Waals surface area contributed by atoms with Gasteiger partial charge in [0.05, 0.1) is 0 Å². The lowest BCUT2D eigenvalue weighted by Crippen LogP contribution is -2.09. The highest BCUT2D eigenvalue weighted by molar-refractivity contribution is 14.1. The quantitative estimate of drug-likeness (QED) is 0.555. The van der Waals surface area contributed by atoms with E-state index in [1.54, 1.807) is 0 Å². The normalized spacial score (nSPS) is 9.82. The van der Waals surface area contributed by atoms with E-state index in [4.69, 9.17) is 0 Å². The molecular weight excluding hydrogens is 366 g/mol. The van der Waals surface area contributed by atoms with Gasteiger partial charge in [-0.2, -0.15) is 0 Å². The first kappa shape index (κ1) is 9.50. The summed E-state index contributed by atoms with van der Waals surface area (Å²) in [6.45, 7) is 0. The highest BCUT2D eigenvalue weighted by Crippen LogP contribution is 2.16. The molecule has 0 N–H and O–H groups in total. The van der Waals surface area contributed by atoms with Gasteiger partial charge in [0.15, 0.2) is 0 Å². The maximum absolute atomic E-state index is 4.26. The van der Waals surface area contributed by atoms with Crippen molar-refractivity contribution in [3.63, 3.8) is 0 Å². The zero-order valence-corrected chi connectivity index (χ0v) is 10.6. The number of pyridine rings is 1. The van der Waals surface area contributed by atoms with E-state index in [1.165, 1.54) is 5.69 Å². The van der Waals surface area contributed by atoms with Crippen LogP contribution in [0.25, 0.3) is 0 Å². The van der Waals surface area contributed by atoms with Crippen LogP contribution in [-0.4, -0.2) is 19.1 Å². The predicted molar refractivity (Wildman–Crippen MR) is 64.0 cm³/mol. The van der Waals surface area contributed by atoms with Crippen molar-refractivity contribution in [2.45, 2.75) is 0 Å². The Labute approximate surface area is 93.7 Å². The molecule has 0 fully saturated rings. The fourth-order valence-electron chi connectivity index (χ4n) is 0.711. The summed E-state index contributed by atoms with van der Waals surface area (Å²) in [7, 11) is 4.06. The van der Waals surface area contributed by atoms with E-state index in [2.05, 4.69) is 67.2 Å². The zero-order valence-electron chi connectivity index (χ0n) is 6.31. The lowest BCUT2D eigenvalue weighted by atomic mass is 10.4. The van der Waals surface area contributed by atoms with Crippen LogP contribution >= 0.6 is 45.2 Å². The Kier molecular flexibility index (Phi) is 3.35. The van der Waals surface area contributed by atoms with Crippen molar-refractivity contribution in [2.24, 2.45) is 0 Å². The Morgan fingerprint density at radius 3 is 2.00 bits per heavy atom. The van der Waals surface area contributed by atoms with E-state index >= 15 is 0 Å². The zero-order chi connectivity index (χ0) is 8.43. The molecule has 1 aromatic heterocycles. The summed E-state index contributed by atoms with van der Waals surface area (Å²) in [5.74, 6) is 0. The van der Waals surface area contributed by atoms with E-state index in [0.29, 0.717) is 0 Å². The first-order chi connectivity index (χ1) is 5.09. The largest absolute Gasteiger partial charge is 0.378 e. The van der Waals surface area contributed by atoms with Crippen LogP contribution in [0.1, 0.15) is 0 Å². The molecule has 4 heteroatoms. The van der Waals surface area contributed by atoms with E-state index in [9.17, 15) is 0 Å². The monoisotopic (exact) mass is 374 g/mol. The minimum atomic E-state index is 1.04. The molecule has 0 unspecified atom stereocenters. The molecule has 0 amide bonds. The second kappa shape index (κ2) is 3.88. The van der Waals surface area contributed by atoms with Crippen LogP contribution in [0.5, 0.6) is 0 Å². The van der Waals surface area contributed by atoms with Gasteiger partial charge in [-0.1, -0.05) is 0 Å². The van der Waals surface area contributed by atoms with E-state index < -0.39 is 0 Å². The van der Waals surface area contributed by atoms with Gasteiger partial charge < -0.3 is 4.90 Å². The third-order valence-electron chi connectivity index (χ3n) is 1.26. The van der Waals surface area contributed by atoms with Crippen molar-refractivity contribution in [2.75, 3.05) is 19.0 Å². The Balaban J connectivity index is 3.08. The van der Waals surface area contributed by atoms with Gasteiger partial charge in [-0.05, 0) is 57.3 Å². The maximum atomic E-state index is 4.26. The predicted octanol–water partition coefficient (Wildman–Crippen LogP) is 2.36. The smallest absolute Gasteiger partial charge is 0.104 e. The molecule has 0 saturated heterocycles. The summed E-state index contributed by atoms with van der Waals surface area (Å²) in [6.07, 6.45) is 0. The summed E-state index contributed by atoms with van der Waals surface area (Å²) >= 11 is 4.44. The lowest BCUT2D eigenvalue weighted by Gasteiger charge is -2.12. The van der Waals surface area contributed by atoms with Gasteiger partial charge in [0.2, 0.25) is 0 Å². The topological polar surface area (TPSA) is 16.1 Å². The molecule has 0 radical (unpaired) electrons. The molecule has 11 heavy (non-hydrogen) atoms. The number of halogens is 2. The number of hydrogen-bond acceptors (Lipinski definition) is 2. The molecule has 0 aliphatic heterocycles. The molecule has 0 aromatic carbocycles. The van der Waals surface area contributed by atoms with Crippen LogP contribution in [0.15, 0.2) is 12.1 Å². The van der Waals surface area contributed by atoms with Gasteiger partial charge in [-0.15, -0.1) is 0 Å². The summed E-state index contributed by atoms with van der Waals surface area (Å²) in [5.41, 5.74) is 1.20. The molecule has 1 heterocycles. The average Bonchev–Trinajstić information content (AvgIpc) is 1.85. The Bertz CT molecular complexity index is 240. The molecule has 0 aliphatic carbocycles. The van der Waals surface area contributed by atoms with Crippen molar-refractivity contribution in [3.8, 4) is 0 Å². The van der Waals surface area contributed by atoms with E-state index in [1.807, 2.05) is 14.1 Å². The minimum Gasteiger partial charge on any atom is -0.378 e. The summed E-state index contributed by atoms with van der Waals surface area (Å²) in [5, 5.41) is 0. The van der Waals surface area contributed by atoms with Crippen LogP contribution in [0, 0.1) is 7.40 Å². The van der Waals surface area contributed by atoms with Crippen LogP contribution in [0.3, 0.4) is 0 Å². The van der Waals surface area contributed by atoms with Crippen LogP contribution < -0.4 is 4.90 Å². The molecule has 0 atom stereocenters. The molecular formula is C7H8I2N2. The molecule has 0 bridgehead atoms. The van der Waals surface area contributed by atoms with Gasteiger partial charge >= 0.3 is 0 Å². The van der Waals surface area contributed by atoms with Crippen LogP contribution in [-0.2, 0) is 0 Å². The molecule has 0 spiro atoms. The molecule has 1 rings (SSSR count). The molecule has 0 aliphatic rings. The fourth-order valence-corrected chi connectivity index (χ4v) is 2.33.